The molecule has 1 heterocycles. The Kier molecular flexibility index (Phi) is 4.54. The number of benzene rings is 1. The van der Waals surface area contributed by atoms with Gasteiger partial charge in [-0.3, -0.25) is 0 Å². The number of aliphatic hydroxyl groups excluding tert-OH is 1. The van der Waals surface area contributed by atoms with E-state index in [0.717, 1.165) is 25.7 Å². The van der Waals surface area contributed by atoms with E-state index in [1.165, 1.54) is 28.8 Å². The summed E-state index contributed by atoms with van der Waals surface area (Å²) in [5.74, 6) is 0.376. The molecule has 2 unspecified atom stereocenters. The van der Waals surface area contributed by atoms with Crippen LogP contribution >= 0.6 is 11.3 Å². The van der Waals surface area contributed by atoms with Crippen molar-refractivity contribution in [2.45, 2.75) is 50.5 Å². The van der Waals surface area contributed by atoms with E-state index in [2.05, 4.69) is 41.8 Å². The minimum atomic E-state index is -0.174. The molecule has 20 heavy (non-hydrogen) atoms. The van der Waals surface area contributed by atoms with Crippen molar-refractivity contribution in [1.29, 1.82) is 0 Å². The minimum absolute atomic E-state index is 0.174. The van der Waals surface area contributed by atoms with Crippen molar-refractivity contribution >= 4 is 11.3 Å². The quantitative estimate of drug-likeness (QED) is 0.855. The number of thiophene rings is 1. The van der Waals surface area contributed by atoms with Crippen LogP contribution in [0.2, 0.25) is 0 Å². The number of hydrogen-bond donors (Lipinski definition) is 1. The summed E-state index contributed by atoms with van der Waals surface area (Å²) in [5.41, 5.74) is 2.80. The molecule has 1 aromatic heterocycles. The van der Waals surface area contributed by atoms with Crippen molar-refractivity contribution in [3.8, 4) is 0 Å². The van der Waals surface area contributed by atoms with Crippen LogP contribution in [0.5, 0.6) is 0 Å². The number of hydrogen-bond acceptors (Lipinski definition) is 2. The summed E-state index contributed by atoms with van der Waals surface area (Å²) in [6, 6.07) is 12.8. The smallest absolute Gasteiger partial charge is 0.0609 e. The van der Waals surface area contributed by atoms with Gasteiger partial charge in [0, 0.05) is 10.8 Å². The van der Waals surface area contributed by atoms with Crippen LogP contribution in [0, 0.1) is 0 Å². The van der Waals surface area contributed by atoms with Crippen LogP contribution in [0.15, 0.2) is 41.8 Å². The molecular formula is C18H22OS. The first kappa shape index (κ1) is 13.8. The van der Waals surface area contributed by atoms with Gasteiger partial charge in [0.05, 0.1) is 6.10 Å². The highest BCUT2D eigenvalue weighted by molar-refractivity contribution is 7.10. The largest absolute Gasteiger partial charge is 0.392 e. The molecule has 1 aliphatic rings. The lowest BCUT2D eigenvalue weighted by molar-refractivity contribution is 0.123. The van der Waals surface area contributed by atoms with Crippen LogP contribution in [-0.2, 0) is 12.8 Å². The molecule has 1 nitrogen and oxygen atoms in total. The molecule has 0 bridgehead atoms. The third-order valence-electron chi connectivity index (χ3n) is 4.37. The summed E-state index contributed by atoms with van der Waals surface area (Å²) < 4.78 is 0. The summed E-state index contributed by atoms with van der Waals surface area (Å²) in [6.07, 6.45) is 6.47. The Balaban J connectivity index is 1.54. The van der Waals surface area contributed by atoms with Crippen LogP contribution in [0.25, 0.3) is 0 Å². The van der Waals surface area contributed by atoms with Gasteiger partial charge in [0.1, 0.15) is 0 Å². The average Bonchev–Trinajstić information content (AvgIpc) is 2.96. The molecule has 3 rings (SSSR count). The van der Waals surface area contributed by atoms with E-state index in [1.807, 2.05) is 11.3 Å². The highest BCUT2D eigenvalue weighted by atomic mass is 32.1. The van der Waals surface area contributed by atoms with Gasteiger partial charge in [0.2, 0.25) is 0 Å². The van der Waals surface area contributed by atoms with Gasteiger partial charge in [0.25, 0.3) is 0 Å². The van der Waals surface area contributed by atoms with E-state index in [4.69, 9.17) is 0 Å². The molecule has 0 fully saturated rings. The maximum Gasteiger partial charge on any atom is 0.0609 e. The lowest BCUT2D eigenvalue weighted by atomic mass is 9.82. The van der Waals surface area contributed by atoms with Gasteiger partial charge in [-0.05, 0) is 61.1 Å². The lowest BCUT2D eigenvalue weighted by Gasteiger charge is -2.27. The molecule has 2 aromatic rings. The van der Waals surface area contributed by atoms with Gasteiger partial charge in [-0.15, -0.1) is 11.3 Å². The molecule has 1 N–H and O–H groups in total. The molecule has 0 amide bonds. The van der Waals surface area contributed by atoms with E-state index in [0.29, 0.717) is 5.92 Å². The fourth-order valence-corrected chi connectivity index (χ4v) is 4.28. The van der Waals surface area contributed by atoms with Gasteiger partial charge in [-0.25, -0.2) is 0 Å². The molecule has 106 valence electrons. The Morgan fingerprint density at radius 1 is 1.20 bits per heavy atom. The van der Waals surface area contributed by atoms with Crippen molar-refractivity contribution in [1.82, 2.24) is 0 Å². The summed E-state index contributed by atoms with van der Waals surface area (Å²) in [5, 5.41) is 12.7. The fourth-order valence-electron chi connectivity index (χ4n) is 3.28. The maximum absolute atomic E-state index is 10.5. The second-order valence-corrected chi connectivity index (χ2v) is 6.74. The molecule has 0 aliphatic heterocycles. The SMILES string of the molecule is OC(CCCc1ccccc1)C1CCCc2sccc21. The monoisotopic (exact) mass is 286 g/mol. The number of aliphatic hydroxyl groups is 1. The molecule has 0 saturated carbocycles. The molecule has 0 radical (unpaired) electrons. The molecule has 2 atom stereocenters. The highest BCUT2D eigenvalue weighted by Gasteiger charge is 2.26. The van der Waals surface area contributed by atoms with Gasteiger partial charge >= 0.3 is 0 Å². The molecule has 0 spiro atoms. The summed E-state index contributed by atoms with van der Waals surface area (Å²) in [4.78, 5) is 1.50. The minimum Gasteiger partial charge on any atom is -0.392 e. The first-order valence-corrected chi connectivity index (χ1v) is 8.51. The molecule has 0 saturated heterocycles. The average molecular weight is 286 g/mol. The number of fused-ring (bicyclic) bond motifs is 1. The molecule has 1 aromatic carbocycles. The van der Waals surface area contributed by atoms with Crippen molar-refractivity contribution in [2.24, 2.45) is 0 Å². The first-order valence-electron chi connectivity index (χ1n) is 7.63. The van der Waals surface area contributed by atoms with Crippen LogP contribution in [0.3, 0.4) is 0 Å². The van der Waals surface area contributed by atoms with Crippen molar-refractivity contribution < 1.29 is 5.11 Å². The fraction of sp³-hybridized carbons (Fsp3) is 0.444. The highest BCUT2D eigenvalue weighted by Crippen LogP contribution is 2.38. The Morgan fingerprint density at radius 2 is 2.05 bits per heavy atom. The normalized spacial score (nSPS) is 19.6. The van der Waals surface area contributed by atoms with Crippen LogP contribution in [-0.4, -0.2) is 11.2 Å². The van der Waals surface area contributed by atoms with E-state index in [1.54, 1.807) is 0 Å². The predicted octanol–water partition coefficient (Wildman–Crippen LogP) is 4.55. The molecule has 1 aliphatic carbocycles. The molecule has 2 heteroatoms. The maximum atomic E-state index is 10.5. The van der Waals surface area contributed by atoms with E-state index in [9.17, 15) is 5.11 Å². The Morgan fingerprint density at radius 3 is 2.90 bits per heavy atom. The van der Waals surface area contributed by atoms with E-state index in [-0.39, 0.29) is 6.10 Å². The predicted molar refractivity (Wildman–Crippen MR) is 85.4 cm³/mol. The topological polar surface area (TPSA) is 20.2 Å². The zero-order chi connectivity index (χ0) is 13.8. The van der Waals surface area contributed by atoms with Crippen LogP contribution in [0.1, 0.15) is 47.6 Å². The molecular weight excluding hydrogens is 264 g/mol. The van der Waals surface area contributed by atoms with Crippen LogP contribution in [0.4, 0.5) is 0 Å². The van der Waals surface area contributed by atoms with E-state index < -0.39 is 0 Å². The van der Waals surface area contributed by atoms with Gasteiger partial charge < -0.3 is 5.11 Å². The number of aryl methyl sites for hydroxylation is 2. The van der Waals surface area contributed by atoms with Gasteiger partial charge in [0.15, 0.2) is 0 Å². The summed E-state index contributed by atoms with van der Waals surface area (Å²) in [6.45, 7) is 0. The summed E-state index contributed by atoms with van der Waals surface area (Å²) in [7, 11) is 0. The third kappa shape index (κ3) is 3.13. The summed E-state index contributed by atoms with van der Waals surface area (Å²) >= 11 is 1.86. The Hall–Kier alpha value is -1.12. The van der Waals surface area contributed by atoms with E-state index >= 15 is 0 Å². The second kappa shape index (κ2) is 6.55. The van der Waals surface area contributed by atoms with Crippen molar-refractivity contribution in [2.75, 3.05) is 0 Å². The van der Waals surface area contributed by atoms with Gasteiger partial charge in [-0.1, -0.05) is 30.3 Å². The number of rotatable bonds is 5. The van der Waals surface area contributed by atoms with Crippen molar-refractivity contribution in [3.63, 3.8) is 0 Å². The second-order valence-electron chi connectivity index (χ2n) is 5.74. The van der Waals surface area contributed by atoms with Gasteiger partial charge in [-0.2, -0.15) is 0 Å². The zero-order valence-corrected chi connectivity index (χ0v) is 12.6. The standard InChI is InChI=1S/C18H22OS/c19-17(10-4-8-14-6-2-1-3-7-14)15-9-5-11-18-16(15)12-13-20-18/h1-3,6-7,12-13,15,17,19H,4-5,8-11H2. The lowest BCUT2D eigenvalue weighted by Crippen LogP contribution is -2.22. The first-order chi connectivity index (χ1) is 9.84. The third-order valence-corrected chi connectivity index (χ3v) is 5.37. The Bertz CT molecular complexity index is 531. The van der Waals surface area contributed by atoms with Crippen molar-refractivity contribution in [3.05, 3.63) is 57.8 Å². The zero-order valence-electron chi connectivity index (χ0n) is 11.8. The Labute approximate surface area is 125 Å². The van der Waals surface area contributed by atoms with Crippen LogP contribution < -0.4 is 0 Å².